The molecule has 1 rings (SSSR count). The molecule has 6 nitrogen and oxygen atoms in total. The second kappa shape index (κ2) is 4.93. The van der Waals surface area contributed by atoms with Gasteiger partial charge in [-0.2, -0.15) is 4.79 Å². The van der Waals surface area contributed by atoms with E-state index in [1.807, 2.05) is 0 Å². The Morgan fingerprint density at radius 3 is 2.71 bits per heavy atom. The maximum Gasteiger partial charge on any atom is 0.411 e. The summed E-state index contributed by atoms with van der Waals surface area (Å²) in [5.41, 5.74) is 7.69. The van der Waals surface area contributed by atoms with E-state index in [0.717, 1.165) is 6.21 Å². The number of hydrogen-bond donors (Lipinski definition) is 0. The third-order valence-electron chi connectivity index (χ3n) is 2.06. The summed E-state index contributed by atoms with van der Waals surface area (Å²) in [5, 5.41) is 0. The first-order chi connectivity index (χ1) is 7.85. The minimum absolute atomic E-state index is 0.310. The van der Waals surface area contributed by atoms with Crippen molar-refractivity contribution in [1.29, 1.82) is 0 Å². The van der Waals surface area contributed by atoms with E-state index in [2.05, 4.69) is 4.79 Å². The van der Waals surface area contributed by atoms with E-state index >= 15 is 0 Å². The third kappa shape index (κ3) is 3.53. The Morgan fingerprint density at radius 2 is 2.18 bits per heavy atom. The summed E-state index contributed by atoms with van der Waals surface area (Å²) < 4.78 is 5.17. The highest BCUT2D eigenvalue weighted by Gasteiger charge is 2.34. The monoisotopic (exact) mass is 237 g/mol. The number of rotatable bonds is 2. The summed E-state index contributed by atoms with van der Waals surface area (Å²) in [6.07, 6.45) is 3.48. The Hall–Kier alpha value is -1.94. The lowest BCUT2D eigenvalue weighted by atomic mass is 10.2. The SMILES string of the molecule is CC(C)(C)OC(=O)N1CC=C[C@H]1C(=O)C=[N+]=[N-]. The second-order valence-corrected chi connectivity index (χ2v) is 4.65. The van der Waals surface area contributed by atoms with Crippen molar-refractivity contribution in [1.82, 2.24) is 4.90 Å². The average Bonchev–Trinajstić information content (AvgIpc) is 2.63. The summed E-state index contributed by atoms with van der Waals surface area (Å²) in [6, 6.07) is -0.749. The lowest BCUT2D eigenvalue weighted by Crippen LogP contribution is -2.44. The van der Waals surface area contributed by atoms with Crippen molar-refractivity contribution >= 4 is 18.1 Å². The van der Waals surface area contributed by atoms with Crippen LogP contribution in [-0.2, 0) is 9.53 Å². The highest BCUT2D eigenvalue weighted by Crippen LogP contribution is 2.16. The molecule has 6 heteroatoms. The van der Waals surface area contributed by atoms with Gasteiger partial charge in [-0.25, -0.2) is 4.79 Å². The maximum atomic E-state index is 11.8. The highest BCUT2D eigenvalue weighted by molar-refractivity contribution is 6.28. The number of ketones is 1. The summed E-state index contributed by atoms with van der Waals surface area (Å²) in [4.78, 5) is 27.2. The van der Waals surface area contributed by atoms with Crippen LogP contribution in [0.15, 0.2) is 12.2 Å². The van der Waals surface area contributed by atoms with Crippen LogP contribution in [0.1, 0.15) is 20.8 Å². The molecule has 0 fully saturated rings. The first-order valence-electron chi connectivity index (χ1n) is 5.22. The molecule has 1 aliphatic rings. The molecule has 1 atom stereocenters. The molecule has 0 radical (unpaired) electrons. The summed E-state index contributed by atoms with van der Waals surface area (Å²) in [6.45, 7) is 5.56. The molecule has 0 unspecified atom stereocenters. The normalized spacial score (nSPS) is 18.8. The minimum atomic E-state index is -0.749. The van der Waals surface area contributed by atoms with Crippen LogP contribution in [0.25, 0.3) is 5.53 Å². The summed E-state index contributed by atoms with van der Waals surface area (Å²) in [5.74, 6) is -0.466. The van der Waals surface area contributed by atoms with Crippen molar-refractivity contribution in [2.24, 2.45) is 0 Å². The molecular weight excluding hydrogens is 222 g/mol. The average molecular weight is 237 g/mol. The van der Waals surface area contributed by atoms with Crippen molar-refractivity contribution in [3.63, 3.8) is 0 Å². The summed E-state index contributed by atoms with van der Waals surface area (Å²) >= 11 is 0. The number of amides is 1. The molecule has 92 valence electrons. The molecule has 1 aliphatic heterocycles. The molecule has 0 spiro atoms. The Morgan fingerprint density at radius 1 is 1.53 bits per heavy atom. The fraction of sp³-hybridized carbons (Fsp3) is 0.545. The van der Waals surface area contributed by atoms with Crippen LogP contribution in [0.5, 0.6) is 0 Å². The quantitative estimate of drug-likeness (QED) is 0.311. The zero-order valence-corrected chi connectivity index (χ0v) is 10.1. The molecule has 1 amide bonds. The Kier molecular flexibility index (Phi) is 3.81. The molecule has 0 saturated heterocycles. The highest BCUT2D eigenvalue weighted by atomic mass is 16.6. The van der Waals surface area contributed by atoms with Crippen molar-refractivity contribution in [2.45, 2.75) is 32.4 Å². The van der Waals surface area contributed by atoms with E-state index in [9.17, 15) is 9.59 Å². The molecule has 1 heterocycles. The van der Waals surface area contributed by atoms with Crippen molar-refractivity contribution in [2.75, 3.05) is 6.54 Å². The van der Waals surface area contributed by atoms with Crippen LogP contribution in [0, 0.1) is 0 Å². The largest absolute Gasteiger partial charge is 0.444 e. The van der Waals surface area contributed by atoms with Gasteiger partial charge >= 0.3 is 12.3 Å². The molecule has 17 heavy (non-hydrogen) atoms. The summed E-state index contributed by atoms with van der Waals surface area (Å²) in [7, 11) is 0. The van der Waals surface area contributed by atoms with Crippen LogP contribution >= 0.6 is 0 Å². The number of nitrogens with zero attached hydrogens (tertiary/aromatic N) is 3. The Bertz CT molecular complexity index is 403. The Balaban J connectivity index is 2.75. The van der Waals surface area contributed by atoms with E-state index in [-0.39, 0.29) is 0 Å². The van der Waals surface area contributed by atoms with Gasteiger partial charge in [-0.1, -0.05) is 12.2 Å². The molecule has 0 aromatic carbocycles. The van der Waals surface area contributed by atoms with Gasteiger partial charge in [0.05, 0.1) is 0 Å². The molecule has 0 saturated carbocycles. The van der Waals surface area contributed by atoms with Crippen LogP contribution in [-0.4, -0.2) is 46.0 Å². The van der Waals surface area contributed by atoms with Gasteiger partial charge in [0.1, 0.15) is 11.6 Å². The number of hydrogen-bond acceptors (Lipinski definition) is 3. The Labute approximate surface area is 99.5 Å². The van der Waals surface area contributed by atoms with Crippen LogP contribution in [0.3, 0.4) is 0 Å². The van der Waals surface area contributed by atoms with Gasteiger partial charge in [-0.05, 0) is 20.8 Å². The molecule has 0 bridgehead atoms. The van der Waals surface area contributed by atoms with E-state index in [4.69, 9.17) is 10.3 Å². The lowest BCUT2D eigenvalue weighted by molar-refractivity contribution is -0.119. The first-order valence-corrected chi connectivity index (χ1v) is 5.22. The van der Waals surface area contributed by atoms with Gasteiger partial charge in [-0.3, -0.25) is 9.69 Å². The van der Waals surface area contributed by atoms with E-state index < -0.39 is 23.5 Å². The van der Waals surface area contributed by atoms with Crippen molar-refractivity contribution < 1.29 is 19.1 Å². The van der Waals surface area contributed by atoms with Crippen molar-refractivity contribution in [3.8, 4) is 0 Å². The standard InChI is InChI=1S/C11H15N3O3/c1-11(2,3)17-10(16)14-6-4-5-8(14)9(15)7-13-12/h4-5,7-8H,6H2,1-3H3/t8-/m0/s1. The smallest absolute Gasteiger partial charge is 0.411 e. The van der Waals surface area contributed by atoms with Gasteiger partial charge in [0, 0.05) is 6.54 Å². The van der Waals surface area contributed by atoms with Gasteiger partial charge < -0.3 is 10.3 Å². The minimum Gasteiger partial charge on any atom is -0.444 e. The second-order valence-electron chi connectivity index (χ2n) is 4.65. The van der Waals surface area contributed by atoms with Crippen molar-refractivity contribution in [3.05, 3.63) is 17.7 Å². The molecule has 0 N–H and O–H groups in total. The third-order valence-corrected chi connectivity index (χ3v) is 2.06. The van der Waals surface area contributed by atoms with Crippen LogP contribution in [0.2, 0.25) is 0 Å². The van der Waals surface area contributed by atoms with Gasteiger partial charge in [0.2, 0.25) is 0 Å². The maximum absolute atomic E-state index is 11.8. The van der Waals surface area contributed by atoms with Gasteiger partial charge in [0.25, 0.3) is 5.78 Å². The fourth-order valence-electron chi connectivity index (χ4n) is 1.41. The number of carbonyl (C=O) groups excluding carboxylic acids is 2. The number of carbonyl (C=O) groups is 2. The number of Topliss-reactive ketones (excluding diaryl/α,β-unsaturated/α-hetero) is 1. The zero-order chi connectivity index (χ0) is 13.1. The molecule has 0 aliphatic carbocycles. The van der Waals surface area contributed by atoms with Gasteiger partial charge in [-0.15, -0.1) is 0 Å². The lowest BCUT2D eigenvalue weighted by Gasteiger charge is -2.26. The van der Waals surface area contributed by atoms with Crippen LogP contribution < -0.4 is 0 Å². The van der Waals surface area contributed by atoms with E-state index in [0.29, 0.717) is 6.54 Å². The molecule has 0 aromatic heterocycles. The first kappa shape index (κ1) is 13.1. The van der Waals surface area contributed by atoms with Gasteiger partial charge in [0.15, 0.2) is 0 Å². The van der Waals surface area contributed by atoms with Crippen LogP contribution in [0.4, 0.5) is 4.79 Å². The van der Waals surface area contributed by atoms with E-state index in [1.165, 1.54) is 4.90 Å². The molecule has 0 aromatic rings. The number of ether oxygens (including phenoxy) is 1. The predicted molar refractivity (Wildman–Crippen MR) is 60.6 cm³/mol. The topological polar surface area (TPSA) is 83.0 Å². The molecular formula is C11H15N3O3. The van der Waals surface area contributed by atoms with E-state index in [1.54, 1.807) is 32.9 Å². The zero-order valence-electron chi connectivity index (χ0n) is 10.1. The predicted octanol–water partition coefficient (Wildman–Crippen LogP) is 1.03. The fourth-order valence-corrected chi connectivity index (χ4v) is 1.41.